The lowest BCUT2D eigenvalue weighted by atomic mass is 10.2. The Labute approximate surface area is 143 Å². The first kappa shape index (κ1) is 18.1. The lowest BCUT2D eigenvalue weighted by molar-refractivity contribution is -0.114. The molecule has 1 aliphatic rings. The van der Waals surface area contributed by atoms with Gasteiger partial charge in [-0.3, -0.25) is 4.79 Å². The Morgan fingerprint density at radius 1 is 1.33 bits per heavy atom. The van der Waals surface area contributed by atoms with Gasteiger partial charge in [-0.15, -0.1) is 0 Å². The van der Waals surface area contributed by atoms with E-state index in [4.69, 9.17) is 9.47 Å². The molecule has 1 fully saturated rings. The van der Waals surface area contributed by atoms with Crippen LogP contribution < -0.4 is 10.1 Å². The molecule has 1 atom stereocenters. The van der Waals surface area contributed by atoms with Gasteiger partial charge in [0.2, 0.25) is 5.91 Å². The van der Waals surface area contributed by atoms with E-state index < -0.39 is 5.60 Å². The maximum Gasteiger partial charge on any atom is 0.410 e. The molecule has 1 heterocycles. The molecule has 1 aliphatic heterocycles. The van der Waals surface area contributed by atoms with Crippen LogP contribution in [0.15, 0.2) is 24.3 Å². The highest BCUT2D eigenvalue weighted by Crippen LogP contribution is 2.23. The smallest absolute Gasteiger partial charge is 0.410 e. The molecule has 0 spiro atoms. The van der Waals surface area contributed by atoms with E-state index in [1.165, 1.54) is 6.92 Å². The van der Waals surface area contributed by atoms with Crippen LogP contribution in [-0.4, -0.2) is 41.7 Å². The Kier molecular flexibility index (Phi) is 5.70. The van der Waals surface area contributed by atoms with E-state index in [1.807, 2.05) is 32.9 Å². The summed E-state index contributed by atoms with van der Waals surface area (Å²) in [5, 5.41) is 2.72. The van der Waals surface area contributed by atoms with Crippen molar-refractivity contribution in [1.82, 2.24) is 4.90 Å². The average molecular weight is 334 g/mol. The van der Waals surface area contributed by atoms with Crippen LogP contribution in [0.2, 0.25) is 0 Å². The number of anilines is 1. The summed E-state index contributed by atoms with van der Waals surface area (Å²) in [6, 6.07) is 7.23. The van der Waals surface area contributed by atoms with Crippen LogP contribution in [0, 0.1) is 0 Å². The monoisotopic (exact) mass is 334 g/mol. The first-order chi connectivity index (χ1) is 11.2. The number of ether oxygens (including phenoxy) is 2. The minimum atomic E-state index is -0.502. The van der Waals surface area contributed by atoms with Crippen molar-refractivity contribution < 1.29 is 19.1 Å². The molecule has 6 heteroatoms. The number of carbonyl (C=O) groups excluding carboxylic acids is 2. The Morgan fingerprint density at radius 2 is 2.08 bits per heavy atom. The number of likely N-dealkylation sites (tertiary alicyclic amines) is 1. The summed E-state index contributed by atoms with van der Waals surface area (Å²) in [6.45, 7) is 8.14. The van der Waals surface area contributed by atoms with Gasteiger partial charge < -0.3 is 19.7 Å². The third kappa shape index (κ3) is 5.44. The molecular weight excluding hydrogens is 308 g/mol. The second-order valence-corrected chi connectivity index (χ2v) is 6.99. The first-order valence-electron chi connectivity index (χ1n) is 8.25. The molecular formula is C18H26N2O4. The van der Waals surface area contributed by atoms with Gasteiger partial charge in [-0.05, 0) is 45.7 Å². The van der Waals surface area contributed by atoms with Crippen LogP contribution in [0.1, 0.15) is 40.5 Å². The number of hydrogen-bond acceptors (Lipinski definition) is 4. The molecule has 1 saturated heterocycles. The highest BCUT2D eigenvalue weighted by Gasteiger charge is 2.32. The molecule has 0 saturated carbocycles. The van der Waals surface area contributed by atoms with Crippen molar-refractivity contribution in [3.05, 3.63) is 24.3 Å². The minimum absolute atomic E-state index is 0.00396. The standard InChI is InChI=1S/C18H26N2O4/c1-13(21)19-14-7-5-9-16(11-14)23-12-15-8-6-10-20(15)17(22)24-18(2,3)4/h5,7,9,11,15H,6,8,10,12H2,1-4H3,(H,19,21)/t15-/m0/s1. The molecule has 1 aromatic carbocycles. The number of benzene rings is 1. The number of amides is 2. The van der Waals surface area contributed by atoms with E-state index in [-0.39, 0.29) is 18.0 Å². The highest BCUT2D eigenvalue weighted by atomic mass is 16.6. The number of hydrogen-bond donors (Lipinski definition) is 1. The molecule has 6 nitrogen and oxygen atoms in total. The maximum atomic E-state index is 12.3. The van der Waals surface area contributed by atoms with Gasteiger partial charge in [0.1, 0.15) is 18.0 Å². The van der Waals surface area contributed by atoms with Crippen LogP contribution in [0.25, 0.3) is 0 Å². The van der Waals surface area contributed by atoms with Crippen molar-refractivity contribution in [2.45, 2.75) is 52.2 Å². The lowest BCUT2D eigenvalue weighted by Crippen LogP contribution is -2.42. The summed E-state index contributed by atoms with van der Waals surface area (Å²) in [6.07, 6.45) is 1.55. The van der Waals surface area contributed by atoms with Gasteiger partial charge in [-0.2, -0.15) is 0 Å². The first-order valence-corrected chi connectivity index (χ1v) is 8.25. The quantitative estimate of drug-likeness (QED) is 0.916. The molecule has 132 valence electrons. The van der Waals surface area contributed by atoms with Crippen molar-refractivity contribution in [2.75, 3.05) is 18.5 Å². The van der Waals surface area contributed by atoms with Crippen LogP contribution in [0.3, 0.4) is 0 Å². The lowest BCUT2D eigenvalue weighted by Gasteiger charge is -2.28. The van der Waals surface area contributed by atoms with Crippen LogP contribution >= 0.6 is 0 Å². The summed E-state index contributed by atoms with van der Waals surface area (Å²) in [5.41, 5.74) is 0.188. The van der Waals surface area contributed by atoms with Crippen molar-refractivity contribution in [3.63, 3.8) is 0 Å². The minimum Gasteiger partial charge on any atom is -0.491 e. The van der Waals surface area contributed by atoms with Gasteiger partial charge in [0.25, 0.3) is 0 Å². The summed E-state index contributed by atoms with van der Waals surface area (Å²) in [4.78, 5) is 25.1. The van der Waals surface area contributed by atoms with Gasteiger partial charge in [-0.25, -0.2) is 4.79 Å². The fraction of sp³-hybridized carbons (Fsp3) is 0.556. The zero-order chi connectivity index (χ0) is 17.7. The van der Waals surface area contributed by atoms with Crippen molar-refractivity contribution >= 4 is 17.7 Å². The number of nitrogens with one attached hydrogen (secondary N) is 1. The van der Waals surface area contributed by atoms with Gasteiger partial charge in [0, 0.05) is 25.2 Å². The second-order valence-electron chi connectivity index (χ2n) is 6.99. The summed E-state index contributed by atoms with van der Waals surface area (Å²) in [5.74, 6) is 0.538. The molecule has 0 aliphatic carbocycles. The Balaban J connectivity index is 1.93. The van der Waals surface area contributed by atoms with Crippen LogP contribution in [0.5, 0.6) is 5.75 Å². The largest absolute Gasteiger partial charge is 0.491 e. The number of nitrogens with zero attached hydrogens (tertiary/aromatic N) is 1. The van der Waals surface area contributed by atoms with Gasteiger partial charge in [0.15, 0.2) is 0 Å². The van der Waals surface area contributed by atoms with E-state index in [2.05, 4.69) is 5.32 Å². The summed E-state index contributed by atoms with van der Waals surface area (Å²) in [7, 11) is 0. The molecule has 1 aromatic rings. The van der Waals surface area contributed by atoms with E-state index in [0.717, 1.165) is 12.8 Å². The zero-order valence-electron chi connectivity index (χ0n) is 14.8. The normalized spacial score (nSPS) is 17.5. The molecule has 0 bridgehead atoms. The number of rotatable bonds is 4. The molecule has 0 aromatic heterocycles. The predicted molar refractivity (Wildman–Crippen MR) is 92.2 cm³/mol. The molecule has 1 N–H and O–H groups in total. The number of carbonyl (C=O) groups is 2. The zero-order valence-corrected chi connectivity index (χ0v) is 14.8. The Hall–Kier alpha value is -2.24. The SMILES string of the molecule is CC(=O)Nc1cccc(OC[C@@H]2CCCN2C(=O)OC(C)(C)C)c1. The Morgan fingerprint density at radius 3 is 2.75 bits per heavy atom. The van der Waals surface area contributed by atoms with E-state index >= 15 is 0 Å². The third-order valence-electron chi connectivity index (χ3n) is 3.60. The summed E-state index contributed by atoms with van der Waals surface area (Å²) < 4.78 is 11.3. The van der Waals surface area contributed by atoms with E-state index in [0.29, 0.717) is 24.6 Å². The van der Waals surface area contributed by atoms with E-state index in [9.17, 15) is 9.59 Å². The molecule has 0 radical (unpaired) electrons. The van der Waals surface area contributed by atoms with Crippen LogP contribution in [0.4, 0.5) is 10.5 Å². The molecule has 24 heavy (non-hydrogen) atoms. The predicted octanol–water partition coefficient (Wildman–Crippen LogP) is 3.42. The van der Waals surface area contributed by atoms with Crippen molar-refractivity contribution in [1.29, 1.82) is 0 Å². The Bertz CT molecular complexity index is 595. The van der Waals surface area contributed by atoms with Crippen molar-refractivity contribution in [3.8, 4) is 5.75 Å². The van der Waals surface area contributed by atoms with Crippen LogP contribution in [-0.2, 0) is 9.53 Å². The fourth-order valence-electron chi connectivity index (χ4n) is 2.63. The molecule has 2 amide bonds. The average Bonchev–Trinajstić information content (AvgIpc) is 2.91. The van der Waals surface area contributed by atoms with Gasteiger partial charge in [0.05, 0.1) is 6.04 Å². The molecule has 2 rings (SSSR count). The summed E-state index contributed by atoms with van der Waals surface area (Å²) >= 11 is 0. The van der Waals surface area contributed by atoms with E-state index in [1.54, 1.807) is 17.0 Å². The van der Waals surface area contributed by atoms with Crippen molar-refractivity contribution in [2.24, 2.45) is 0 Å². The maximum absolute atomic E-state index is 12.3. The third-order valence-corrected chi connectivity index (χ3v) is 3.60. The fourth-order valence-corrected chi connectivity index (χ4v) is 2.63. The topological polar surface area (TPSA) is 67.9 Å². The second kappa shape index (κ2) is 7.55. The molecule has 0 unspecified atom stereocenters. The highest BCUT2D eigenvalue weighted by molar-refractivity contribution is 5.88. The van der Waals surface area contributed by atoms with Gasteiger partial charge >= 0.3 is 6.09 Å². The van der Waals surface area contributed by atoms with Gasteiger partial charge in [-0.1, -0.05) is 6.07 Å².